The van der Waals surface area contributed by atoms with Gasteiger partial charge in [0.2, 0.25) is 0 Å². The molecule has 0 spiro atoms. The van der Waals surface area contributed by atoms with Gasteiger partial charge in [-0.15, -0.1) is 0 Å². The minimum Gasteiger partial charge on any atom is -0.370 e. The molecular formula is C15H18N4O2. The Morgan fingerprint density at radius 1 is 1.38 bits per heavy atom. The Morgan fingerprint density at radius 3 is 3.05 bits per heavy atom. The first-order chi connectivity index (χ1) is 10.2. The van der Waals surface area contributed by atoms with E-state index in [0.29, 0.717) is 0 Å². The average Bonchev–Trinajstić information content (AvgIpc) is 3.00. The number of hydrogen-bond donors (Lipinski definition) is 2. The van der Waals surface area contributed by atoms with E-state index in [4.69, 9.17) is 0 Å². The number of benzene rings is 1. The number of anilines is 1. The number of pyridine rings is 1. The molecule has 110 valence electrons. The van der Waals surface area contributed by atoms with Crippen LogP contribution < -0.4 is 10.6 Å². The van der Waals surface area contributed by atoms with E-state index in [-0.39, 0.29) is 10.6 Å². The first kappa shape index (κ1) is 13.8. The van der Waals surface area contributed by atoms with E-state index >= 15 is 0 Å². The zero-order valence-electron chi connectivity index (χ0n) is 11.7. The second-order valence-corrected chi connectivity index (χ2v) is 5.40. The van der Waals surface area contributed by atoms with Crippen molar-refractivity contribution in [1.29, 1.82) is 0 Å². The summed E-state index contributed by atoms with van der Waals surface area (Å²) >= 11 is 0. The van der Waals surface area contributed by atoms with Crippen LogP contribution in [0.4, 0.5) is 11.5 Å². The summed E-state index contributed by atoms with van der Waals surface area (Å²) in [5, 5.41) is 18.2. The summed E-state index contributed by atoms with van der Waals surface area (Å²) in [4.78, 5) is 14.8. The second-order valence-electron chi connectivity index (χ2n) is 5.40. The molecule has 2 N–H and O–H groups in total. The number of nitro groups is 1. The predicted octanol–water partition coefficient (Wildman–Crippen LogP) is 2.55. The summed E-state index contributed by atoms with van der Waals surface area (Å²) in [5.74, 6) is 1.57. The van der Waals surface area contributed by atoms with E-state index in [1.807, 2.05) is 12.1 Å². The van der Waals surface area contributed by atoms with Crippen LogP contribution in [-0.4, -0.2) is 29.5 Å². The summed E-state index contributed by atoms with van der Waals surface area (Å²) in [6.45, 7) is 3.13. The van der Waals surface area contributed by atoms with Crippen LogP contribution in [0.1, 0.15) is 12.8 Å². The van der Waals surface area contributed by atoms with Crippen LogP contribution >= 0.6 is 0 Å². The van der Waals surface area contributed by atoms with Crippen molar-refractivity contribution in [3.05, 3.63) is 40.4 Å². The molecule has 0 aliphatic carbocycles. The molecule has 0 bridgehead atoms. The van der Waals surface area contributed by atoms with Crippen molar-refractivity contribution in [2.75, 3.05) is 25.0 Å². The van der Waals surface area contributed by atoms with E-state index in [1.54, 1.807) is 12.1 Å². The third kappa shape index (κ3) is 3.28. The van der Waals surface area contributed by atoms with E-state index in [2.05, 4.69) is 15.6 Å². The van der Waals surface area contributed by atoms with Crippen molar-refractivity contribution in [1.82, 2.24) is 10.3 Å². The highest BCUT2D eigenvalue weighted by Gasteiger charge is 2.13. The lowest BCUT2D eigenvalue weighted by molar-refractivity contribution is -0.384. The van der Waals surface area contributed by atoms with E-state index in [1.165, 1.54) is 12.5 Å². The number of nitrogens with one attached hydrogen (secondary N) is 2. The lowest BCUT2D eigenvalue weighted by Gasteiger charge is -2.10. The summed E-state index contributed by atoms with van der Waals surface area (Å²) in [6.07, 6.45) is 2.38. The molecule has 0 radical (unpaired) electrons. The van der Waals surface area contributed by atoms with E-state index in [0.717, 1.165) is 48.7 Å². The van der Waals surface area contributed by atoms with Crippen molar-refractivity contribution < 1.29 is 4.92 Å². The normalized spacial score (nSPS) is 18.0. The number of hydrogen-bond acceptors (Lipinski definition) is 5. The Labute approximate surface area is 122 Å². The van der Waals surface area contributed by atoms with Gasteiger partial charge in [-0.2, -0.15) is 0 Å². The quantitative estimate of drug-likeness (QED) is 0.652. The molecule has 1 aromatic heterocycles. The molecule has 6 heteroatoms. The molecule has 1 aliphatic rings. The van der Waals surface area contributed by atoms with Crippen molar-refractivity contribution in [2.24, 2.45) is 5.92 Å². The van der Waals surface area contributed by atoms with Gasteiger partial charge in [0.25, 0.3) is 5.69 Å². The van der Waals surface area contributed by atoms with E-state index in [9.17, 15) is 10.1 Å². The number of fused-ring (bicyclic) bond motifs is 1. The number of aromatic nitrogens is 1. The van der Waals surface area contributed by atoms with Crippen molar-refractivity contribution in [3.63, 3.8) is 0 Å². The highest BCUT2D eigenvalue weighted by Crippen LogP contribution is 2.21. The number of non-ortho nitro benzene ring substituents is 1. The SMILES string of the molecule is O=[N+]([O-])c1ccc2nc(NCCC3CCNC3)ccc2c1. The highest BCUT2D eigenvalue weighted by atomic mass is 16.6. The molecule has 1 saturated heterocycles. The second kappa shape index (κ2) is 6.05. The molecule has 0 amide bonds. The van der Waals surface area contributed by atoms with Crippen molar-refractivity contribution in [3.8, 4) is 0 Å². The molecule has 3 rings (SSSR count). The third-order valence-corrected chi connectivity index (χ3v) is 3.90. The van der Waals surface area contributed by atoms with Crippen LogP contribution in [-0.2, 0) is 0 Å². The fraction of sp³-hybridized carbons (Fsp3) is 0.400. The molecule has 1 fully saturated rings. The lowest BCUT2D eigenvalue weighted by atomic mass is 10.1. The van der Waals surface area contributed by atoms with Crippen molar-refractivity contribution >= 4 is 22.4 Å². The Kier molecular flexibility index (Phi) is 3.96. The van der Waals surface area contributed by atoms with Gasteiger partial charge in [0.15, 0.2) is 0 Å². The Bertz CT molecular complexity index is 653. The van der Waals surface area contributed by atoms with Crippen LogP contribution in [0.15, 0.2) is 30.3 Å². The number of nitrogens with zero attached hydrogens (tertiary/aromatic N) is 2. The molecular weight excluding hydrogens is 268 g/mol. The smallest absolute Gasteiger partial charge is 0.270 e. The Hall–Kier alpha value is -2.21. The molecule has 1 aromatic carbocycles. The average molecular weight is 286 g/mol. The van der Waals surface area contributed by atoms with Crippen LogP contribution in [0.2, 0.25) is 0 Å². The highest BCUT2D eigenvalue weighted by molar-refractivity contribution is 5.82. The molecule has 2 aromatic rings. The maximum absolute atomic E-state index is 10.7. The predicted molar refractivity (Wildman–Crippen MR) is 82.5 cm³/mol. The maximum atomic E-state index is 10.7. The number of nitro benzene ring substituents is 1. The van der Waals surface area contributed by atoms with Gasteiger partial charge in [0, 0.05) is 24.1 Å². The monoisotopic (exact) mass is 286 g/mol. The molecule has 1 unspecified atom stereocenters. The summed E-state index contributed by atoms with van der Waals surface area (Å²) in [7, 11) is 0. The van der Waals surface area contributed by atoms with Crippen LogP contribution in [0, 0.1) is 16.0 Å². The van der Waals surface area contributed by atoms with Crippen LogP contribution in [0.3, 0.4) is 0 Å². The fourth-order valence-corrected chi connectivity index (χ4v) is 2.69. The van der Waals surface area contributed by atoms with Crippen LogP contribution in [0.5, 0.6) is 0 Å². The standard InChI is InChI=1S/C15H18N4O2/c20-19(21)13-2-3-14-12(9-13)1-4-15(18-14)17-8-6-11-5-7-16-10-11/h1-4,9,11,16H,5-8,10H2,(H,17,18). The van der Waals surface area contributed by atoms with E-state index < -0.39 is 0 Å². The Balaban J connectivity index is 1.66. The molecule has 1 aliphatic heterocycles. The van der Waals surface area contributed by atoms with Gasteiger partial charge < -0.3 is 10.6 Å². The summed E-state index contributed by atoms with van der Waals surface area (Å²) < 4.78 is 0. The minimum absolute atomic E-state index is 0.0961. The molecule has 0 saturated carbocycles. The maximum Gasteiger partial charge on any atom is 0.270 e. The minimum atomic E-state index is -0.388. The van der Waals surface area contributed by atoms with Gasteiger partial charge in [-0.25, -0.2) is 4.98 Å². The molecule has 6 nitrogen and oxygen atoms in total. The first-order valence-corrected chi connectivity index (χ1v) is 7.22. The van der Waals surface area contributed by atoms with Gasteiger partial charge in [-0.3, -0.25) is 10.1 Å². The van der Waals surface area contributed by atoms with Gasteiger partial charge >= 0.3 is 0 Å². The zero-order chi connectivity index (χ0) is 14.7. The molecule has 21 heavy (non-hydrogen) atoms. The topological polar surface area (TPSA) is 80.1 Å². The van der Waals surface area contributed by atoms with Crippen molar-refractivity contribution in [2.45, 2.75) is 12.8 Å². The van der Waals surface area contributed by atoms with Gasteiger partial charge in [0.1, 0.15) is 5.82 Å². The van der Waals surface area contributed by atoms with Gasteiger partial charge in [-0.1, -0.05) is 0 Å². The number of rotatable bonds is 5. The molecule has 1 atom stereocenters. The largest absolute Gasteiger partial charge is 0.370 e. The van der Waals surface area contributed by atoms with Crippen LogP contribution in [0.25, 0.3) is 10.9 Å². The summed E-state index contributed by atoms with van der Waals surface area (Å²) in [6, 6.07) is 8.48. The van der Waals surface area contributed by atoms with Gasteiger partial charge in [-0.05, 0) is 50.0 Å². The lowest BCUT2D eigenvalue weighted by Crippen LogP contribution is -2.13. The Morgan fingerprint density at radius 2 is 2.29 bits per heavy atom. The third-order valence-electron chi connectivity index (χ3n) is 3.90. The first-order valence-electron chi connectivity index (χ1n) is 7.22. The zero-order valence-corrected chi connectivity index (χ0v) is 11.7. The summed E-state index contributed by atoms with van der Waals surface area (Å²) in [5.41, 5.74) is 0.867. The fourth-order valence-electron chi connectivity index (χ4n) is 2.69. The molecule has 2 heterocycles. The van der Waals surface area contributed by atoms with Gasteiger partial charge in [0.05, 0.1) is 10.4 Å².